The zero-order valence-corrected chi connectivity index (χ0v) is 14.8. The summed E-state index contributed by atoms with van der Waals surface area (Å²) in [7, 11) is 0. The predicted molar refractivity (Wildman–Crippen MR) is 102 cm³/mol. The van der Waals surface area contributed by atoms with Gasteiger partial charge in [0.15, 0.2) is 0 Å². The van der Waals surface area contributed by atoms with Gasteiger partial charge in [-0.2, -0.15) is 0 Å². The third-order valence-corrected chi connectivity index (χ3v) is 5.00. The molecule has 0 bridgehead atoms. The summed E-state index contributed by atoms with van der Waals surface area (Å²) in [4.78, 5) is 31.8. The summed E-state index contributed by atoms with van der Waals surface area (Å²) in [6, 6.07) is 14.2. The van der Waals surface area contributed by atoms with E-state index in [2.05, 4.69) is 15.3 Å². The van der Waals surface area contributed by atoms with Gasteiger partial charge in [0, 0.05) is 23.0 Å². The van der Waals surface area contributed by atoms with E-state index < -0.39 is 23.3 Å². The van der Waals surface area contributed by atoms with Crippen LogP contribution in [0.5, 0.6) is 0 Å². The van der Waals surface area contributed by atoms with Gasteiger partial charge in [0.2, 0.25) is 5.56 Å². The number of hydrogen-bond acceptors (Lipinski definition) is 4. The maximum Gasteiger partial charge on any atom is 0.253 e. The van der Waals surface area contributed by atoms with Gasteiger partial charge in [-0.1, -0.05) is 30.3 Å². The van der Waals surface area contributed by atoms with Gasteiger partial charge >= 0.3 is 0 Å². The van der Waals surface area contributed by atoms with Crippen molar-refractivity contribution in [3.63, 3.8) is 0 Å². The first kappa shape index (κ1) is 17.1. The van der Waals surface area contributed by atoms with Crippen LogP contribution in [0.1, 0.15) is 27.0 Å². The minimum absolute atomic E-state index is 0.186. The molecular formula is C20H14FN3O2S. The maximum absolute atomic E-state index is 13.5. The summed E-state index contributed by atoms with van der Waals surface area (Å²) < 4.78 is 13.5. The highest BCUT2D eigenvalue weighted by molar-refractivity contribution is 7.09. The first-order valence-electron chi connectivity index (χ1n) is 8.19. The van der Waals surface area contributed by atoms with Crippen molar-refractivity contribution in [3.8, 4) is 0 Å². The fourth-order valence-corrected chi connectivity index (χ4v) is 3.65. The molecule has 1 atom stereocenters. The summed E-state index contributed by atoms with van der Waals surface area (Å²) in [5, 5.41) is 5.99. The quantitative estimate of drug-likeness (QED) is 0.568. The van der Waals surface area contributed by atoms with E-state index in [4.69, 9.17) is 0 Å². The highest BCUT2D eigenvalue weighted by Gasteiger charge is 2.21. The molecular weight excluding hydrogens is 365 g/mol. The Labute approximate surface area is 157 Å². The van der Waals surface area contributed by atoms with Gasteiger partial charge in [0.25, 0.3) is 5.91 Å². The number of amides is 1. The van der Waals surface area contributed by atoms with Crippen molar-refractivity contribution < 1.29 is 9.18 Å². The van der Waals surface area contributed by atoms with Crippen LogP contribution in [0.3, 0.4) is 0 Å². The molecule has 1 unspecified atom stereocenters. The number of pyridine rings is 1. The topological polar surface area (TPSA) is 74.8 Å². The summed E-state index contributed by atoms with van der Waals surface area (Å²) in [5.41, 5.74) is 0.870. The number of nitrogens with zero attached hydrogens (tertiary/aromatic N) is 1. The molecule has 0 fully saturated rings. The third-order valence-electron chi connectivity index (χ3n) is 4.16. The first-order valence-corrected chi connectivity index (χ1v) is 9.07. The fourth-order valence-electron chi connectivity index (χ4n) is 2.94. The third kappa shape index (κ3) is 3.50. The van der Waals surface area contributed by atoms with Gasteiger partial charge in [-0.3, -0.25) is 9.59 Å². The van der Waals surface area contributed by atoms with Crippen LogP contribution < -0.4 is 10.9 Å². The molecule has 134 valence electrons. The van der Waals surface area contributed by atoms with Gasteiger partial charge in [0.1, 0.15) is 16.9 Å². The number of halogens is 1. The summed E-state index contributed by atoms with van der Waals surface area (Å²) in [6.45, 7) is 0. The number of hydrogen-bond donors (Lipinski definition) is 2. The van der Waals surface area contributed by atoms with Crippen LogP contribution in [-0.2, 0) is 0 Å². The molecule has 2 aromatic carbocycles. The largest absolute Gasteiger partial charge is 0.339 e. The van der Waals surface area contributed by atoms with Gasteiger partial charge in [-0.15, -0.1) is 11.3 Å². The lowest BCUT2D eigenvalue weighted by Gasteiger charge is -2.17. The molecule has 0 radical (unpaired) electrons. The molecule has 7 heteroatoms. The number of carbonyl (C=O) groups is 1. The maximum atomic E-state index is 13.5. The highest BCUT2D eigenvalue weighted by atomic mass is 32.1. The van der Waals surface area contributed by atoms with E-state index >= 15 is 0 Å². The summed E-state index contributed by atoms with van der Waals surface area (Å²) in [6.07, 6.45) is 1.67. The molecule has 1 amide bonds. The van der Waals surface area contributed by atoms with Crippen LogP contribution in [0.25, 0.3) is 10.9 Å². The Bertz CT molecular complexity index is 1160. The molecule has 27 heavy (non-hydrogen) atoms. The van der Waals surface area contributed by atoms with Crippen LogP contribution in [0.2, 0.25) is 0 Å². The van der Waals surface area contributed by atoms with Crippen LogP contribution in [0, 0.1) is 5.82 Å². The molecule has 5 nitrogen and oxygen atoms in total. The summed E-state index contributed by atoms with van der Waals surface area (Å²) >= 11 is 1.43. The highest BCUT2D eigenvalue weighted by Crippen LogP contribution is 2.25. The minimum atomic E-state index is -0.486. The lowest BCUT2D eigenvalue weighted by atomic mass is 10.0. The second kappa shape index (κ2) is 7.13. The van der Waals surface area contributed by atoms with E-state index in [-0.39, 0.29) is 11.1 Å². The van der Waals surface area contributed by atoms with Crippen LogP contribution in [-0.4, -0.2) is 15.9 Å². The van der Waals surface area contributed by atoms with Crippen molar-refractivity contribution in [3.05, 3.63) is 98.5 Å². The molecule has 4 aromatic rings. The van der Waals surface area contributed by atoms with E-state index in [9.17, 15) is 14.0 Å². The van der Waals surface area contributed by atoms with Gasteiger partial charge < -0.3 is 10.3 Å². The van der Waals surface area contributed by atoms with Gasteiger partial charge in [0.05, 0.1) is 11.1 Å². The minimum Gasteiger partial charge on any atom is -0.339 e. The van der Waals surface area contributed by atoms with Crippen molar-refractivity contribution in [2.24, 2.45) is 0 Å². The molecule has 2 aromatic heterocycles. The zero-order chi connectivity index (χ0) is 18.8. The fraction of sp³-hybridized carbons (Fsp3) is 0.0500. The molecule has 2 N–H and O–H groups in total. The Kier molecular flexibility index (Phi) is 4.52. The number of aromatic amines is 1. The number of fused-ring (bicyclic) bond motifs is 1. The standard InChI is InChI=1S/C20H14FN3O2S/c21-13-6-7-14-15(11-17(25)23-16(14)10-13)19(26)24-18(20-22-8-9-27-20)12-4-2-1-3-5-12/h1-11,18H,(H,23,25)(H,24,26). The SMILES string of the molecule is O=C(NC(c1ccccc1)c1nccs1)c1cc(=O)[nH]c2cc(F)ccc12. The summed E-state index contributed by atoms with van der Waals surface area (Å²) in [5.74, 6) is -0.914. The Morgan fingerprint density at radius 2 is 1.96 bits per heavy atom. The van der Waals surface area contributed by atoms with Crippen molar-refractivity contribution in [1.82, 2.24) is 15.3 Å². The Morgan fingerprint density at radius 3 is 2.70 bits per heavy atom. The second-order valence-electron chi connectivity index (χ2n) is 5.92. The smallest absolute Gasteiger partial charge is 0.253 e. The zero-order valence-electron chi connectivity index (χ0n) is 14.0. The van der Waals surface area contributed by atoms with Gasteiger partial charge in [-0.05, 0) is 23.8 Å². The van der Waals surface area contributed by atoms with Crippen LogP contribution >= 0.6 is 11.3 Å². The van der Waals surface area contributed by atoms with Gasteiger partial charge in [-0.25, -0.2) is 9.37 Å². The number of carbonyl (C=O) groups excluding carboxylic acids is 1. The normalized spacial score (nSPS) is 12.0. The predicted octanol–water partition coefficient (Wildman–Crippen LogP) is 3.64. The van der Waals surface area contributed by atoms with E-state index in [1.54, 1.807) is 6.20 Å². The lowest BCUT2D eigenvalue weighted by Crippen LogP contribution is -2.30. The van der Waals surface area contributed by atoms with Crippen molar-refractivity contribution in [2.45, 2.75) is 6.04 Å². The Balaban J connectivity index is 1.76. The van der Waals surface area contributed by atoms with E-state index in [1.165, 1.54) is 35.6 Å². The van der Waals surface area contributed by atoms with Crippen molar-refractivity contribution >= 4 is 28.1 Å². The number of rotatable bonds is 4. The van der Waals surface area contributed by atoms with Crippen molar-refractivity contribution in [1.29, 1.82) is 0 Å². The molecule has 4 rings (SSSR count). The molecule has 0 aliphatic rings. The molecule has 2 heterocycles. The second-order valence-corrected chi connectivity index (χ2v) is 6.85. The van der Waals surface area contributed by atoms with E-state index in [0.29, 0.717) is 5.39 Å². The van der Waals surface area contributed by atoms with E-state index in [0.717, 1.165) is 10.6 Å². The first-order chi connectivity index (χ1) is 13.1. The number of aromatic nitrogens is 2. The van der Waals surface area contributed by atoms with Crippen molar-refractivity contribution in [2.75, 3.05) is 0 Å². The lowest BCUT2D eigenvalue weighted by molar-refractivity contribution is 0.0944. The van der Waals surface area contributed by atoms with Crippen LogP contribution in [0.15, 0.2) is 71.0 Å². The Hall–Kier alpha value is -3.32. The molecule has 0 saturated heterocycles. The number of thiazole rings is 1. The monoisotopic (exact) mass is 379 g/mol. The molecule has 0 aliphatic carbocycles. The average molecular weight is 379 g/mol. The molecule has 0 saturated carbocycles. The number of nitrogens with one attached hydrogen (secondary N) is 2. The Morgan fingerprint density at radius 1 is 1.15 bits per heavy atom. The molecule has 0 aliphatic heterocycles. The van der Waals surface area contributed by atoms with Crippen LogP contribution in [0.4, 0.5) is 4.39 Å². The van der Waals surface area contributed by atoms with E-state index in [1.807, 2.05) is 35.7 Å². The number of H-pyrrole nitrogens is 1. The molecule has 0 spiro atoms. The number of benzene rings is 2. The average Bonchev–Trinajstić information content (AvgIpc) is 3.20.